The fraction of sp³-hybridized carbons (Fsp3) is 0.714. The highest BCUT2D eigenvalue weighted by molar-refractivity contribution is 7.67. The minimum absolute atomic E-state index is 1.01. The average Bonchev–Trinajstić information content (AvgIpc) is 1.86. The Morgan fingerprint density at radius 3 is 2.00 bits per heavy atom. The first kappa shape index (κ1) is 9.91. The molecule has 1 rings (SSSR count). The smallest absolute Gasteiger partial charge is 0.121 e. The van der Waals surface area contributed by atoms with Gasteiger partial charge in [-0.3, -0.25) is 0 Å². The van der Waals surface area contributed by atoms with Gasteiger partial charge in [-0.2, -0.15) is 0 Å². The normalized spacial score (nSPS) is 20.7. The minimum atomic E-state index is -2.52. The molecule has 0 heterocycles. The molecular weight excluding hydrogens is 219 g/mol. The quantitative estimate of drug-likeness (QED) is 0.470. The first-order chi connectivity index (χ1) is 5.02. The minimum Gasteiger partial charge on any atom is -0.121 e. The van der Waals surface area contributed by atoms with E-state index in [-0.39, 0.29) is 0 Å². The Morgan fingerprint density at radius 2 is 1.64 bits per heavy atom. The van der Waals surface area contributed by atoms with E-state index in [1.807, 2.05) is 0 Å². The van der Waals surface area contributed by atoms with Gasteiger partial charge in [0, 0.05) is 0 Å². The zero-order chi connectivity index (χ0) is 8.48. The van der Waals surface area contributed by atoms with Gasteiger partial charge in [0.25, 0.3) is 0 Å². The molecule has 0 spiro atoms. The summed E-state index contributed by atoms with van der Waals surface area (Å²) in [7, 11) is 0. The Hall–Kier alpha value is 0.827. The van der Waals surface area contributed by atoms with Crippen molar-refractivity contribution in [3.05, 3.63) is 10.8 Å². The van der Waals surface area contributed by atoms with E-state index in [0.29, 0.717) is 0 Å². The molecule has 0 bridgehead atoms. The third-order valence-corrected chi connectivity index (χ3v) is 5.50. The van der Waals surface area contributed by atoms with Crippen LogP contribution in [0.3, 0.4) is 0 Å². The topological polar surface area (TPSA) is 0 Å². The van der Waals surface area contributed by atoms with Crippen LogP contribution in [-0.4, -0.2) is 6.00 Å². The summed E-state index contributed by atoms with van der Waals surface area (Å²) in [6.07, 6.45) is 4.57. The summed E-state index contributed by atoms with van der Waals surface area (Å²) < 4.78 is 0. The lowest BCUT2D eigenvalue weighted by Gasteiger charge is -2.21. The Balaban J connectivity index is 2.83. The lowest BCUT2D eigenvalue weighted by atomic mass is 10.0. The van der Waals surface area contributed by atoms with Crippen molar-refractivity contribution >= 4 is 39.2 Å². The summed E-state index contributed by atoms with van der Waals surface area (Å²) in [5, 5.41) is 1.15. The van der Waals surface area contributed by atoms with Gasteiger partial charge < -0.3 is 0 Å². The number of hydrogen-bond donors (Lipinski definition) is 0. The Kier molecular flexibility index (Phi) is 3.33. The van der Waals surface area contributed by atoms with E-state index in [9.17, 15) is 0 Å². The Labute approximate surface area is 82.6 Å². The summed E-state index contributed by atoms with van der Waals surface area (Å²) in [5.41, 5.74) is 1.32. The second-order valence-corrected chi connectivity index (χ2v) is 11.4. The van der Waals surface area contributed by atoms with Crippen LogP contribution in [0, 0.1) is 0 Å². The number of allylic oxidation sites excluding steroid dienone is 2. The molecule has 0 unspecified atom stereocenters. The third-order valence-electron chi connectivity index (χ3n) is 2.09. The van der Waals surface area contributed by atoms with Crippen LogP contribution in [0.2, 0.25) is 0 Å². The van der Waals surface area contributed by atoms with Gasteiger partial charge in [0.2, 0.25) is 0 Å². The van der Waals surface area contributed by atoms with Crippen molar-refractivity contribution in [2.75, 3.05) is 0 Å². The molecule has 0 aromatic rings. The van der Waals surface area contributed by atoms with Gasteiger partial charge in [-0.25, -0.2) is 0 Å². The van der Waals surface area contributed by atoms with Gasteiger partial charge in [-0.05, 0) is 37.8 Å². The third kappa shape index (κ3) is 2.65. The zero-order valence-electron chi connectivity index (χ0n) is 6.46. The van der Waals surface area contributed by atoms with Crippen molar-refractivity contribution in [3.8, 4) is 0 Å². The van der Waals surface area contributed by atoms with E-state index in [2.05, 4.69) is 6.92 Å². The molecule has 0 saturated carbocycles. The van der Waals surface area contributed by atoms with Gasteiger partial charge in [-0.1, -0.05) is 5.57 Å². The highest BCUT2D eigenvalue weighted by atomic mass is 35.8. The predicted octanol–water partition coefficient (Wildman–Crippen LogP) is 4.07. The highest BCUT2D eigenvalue weighted by Crippen LogP contribution is 2.38. The largest absolute Gasteiger partial charge is 0.368 e. The summed E-state index contributed by atoms with van der Waals surface area (Å²) in [6, 6.07) is -2.52. The molecule has 0 atom stereocenters. The lowest BCUT2D eigenvalue weighted by Crippen LogP contribution is -2.18. The van der Waals surface area contributed by atoms with E-state index in [4.69, 9.17) is 33.2 Å². The molecule has 0 N–H and O–H groups in total. The first-order valence-electron chi connectivity index (χ1n) is 3.77. The summed E-state index contributed by atoms with van der Waals surface area (Å²) in [4.78, 5) is 0. The summed E-state index contributed by atoms with van der Waals surface area (Å²) >= 11 is 17.8. The van der Waals surface area contributed by atoms with Crippen molar-refractivity contribution in [1.29, 1.82) is 0 Å². The fourth-order valence-corrected chi connectivity index (χ4v) is 4.81. The standard InChI is InChI=1S/C7H11Cl3Si/c1-6-4-2-3-5-7(6)11(8,9)10/h2-5H2,1H3. The average molecular weight is 230 g/mol. The molecule has 64 valence electrons. The fourth-order valence-electron chi connectivity index (χ4n) is 1.44. The van der Waals surface area contributed by atoms with E-state index >= 15 is 0 Å². The summed E-state index contributed by atoms with van der Waals surface area (Å²) in [5.74, 6) is 0. The molecule has 0 aliphatic heterocycles. The van der Waals surface area contributed by atoms with Crippen LogP contribution < -0.4 is 0 Å². The van der Waals surface area contributed by atoms with E-state index in [0.717, 1.165) is 18.0 Å². The van der Waals surface area contributed by atoms with Crippen LogP contribution in [0.1, 0.15) is 32.6 Å². The van der Waals surface area contributed by atoms with Gasteiger partial charge in [-0.15, -0.1) is 33.2 Å². The molecule has 0 amide bonds. The Morgan fingerprint density at radius 1 is 1.09 bits per heavy atom. The van der Waals surface area contributed by atoms with Gasteiger partial charge in [0.15, 0.2) is 0 Å². The molecule has 0 radical (unpaired) electrons. The van der Waals surface area contributed by atoms with Crippen molar-refractivity contribution in [2.24, 2.45) is 0 Å². The van der Waals surface area contributed by atoms with Crippen molar-refractivity contribution in [2.45, 2.75) is 32.6 Å². The van der Waals surface area contributed by atoms with Crippen LogP contribution >= 0.6 is 33.2 Å². The SMILES string of the molecule is CC1=C([Si](Cl)(Cl)Cl)CCCC1. The molecule has 0 saturated heterocycles. The number of rotatable bonds is 1. The van der Waals surface area contributed by atoms with Crippen LogP contribution in [0.5, 0.6) is 0 Å². The maximum absolute atomic E-state index is 5.92. The Bertz CT molecular complexity index is 181. The molecule has 1 aliphatic rings. The maximum atomic E-state index is 5.92. The number of hydrogen-bond acceptors (Lipinski definition) is 0. The summed E-state index contributed by atoms with van der Waals surface area (Å²) in [6.45, 7) is 2.09. The highest BCUT2D eigenvalue weighted by Gasteiger charge is 2.32. The van der Waals surface area contributed by atoms with E-state index in [1.54, 1.807) is 0 Å². The molecule has 11 heavy (non-hydrogen) atoms. The van der Waals surface area contributed by atoms with Crippen LogP contribution in [0.4, 0.5) is 0 Å². The second kappa shape index (κ2) is 3.69. The number of halogens is 3. The molecular formula is C7H11Cl3Si. The molecule has 4 heteroatoms. The predicted molar refractivity (Wildman–Crippen MR) is 54.5 cm³/mol. The van der Waals surface area contributed by atoms with Crippen LogP contribution in [0.25, 0.3) is 0 Å². The van der Waals surface area contributed by atoms with E-state index < -0.39 is 6.00 Å². The van der Waals surface area contributed by atoms with Crippen molar-refractivity contribution < 1.29 is 0 Å². The lowest BCUT2D eigenvalue weighted by molar-refractivity contribution is 0.691. The molecule has 0 aromatic heterocycles. The van der Waals surface area contributed by atoms with Gasteiger partial charge >= 0.3 is 6.00 Å². The molecule has 0 nitrogen and oxygen atoms in total. The zero-order valence-corrected chi connectivity index (χ0v) is 9.73. The van der Waals surface area contributed by atoms with Gasteiger partial charge in [0.05, 0.1) is 0 Å². The monoisotopic (exact) mass is 228 g/mol. The maximum Gasteiger partial charge on any atom is 0.368 e. The molecule has 0 aromatic carbocycles. The van der Waals surface area contributed by atoms with Crippen molar-refractivity contribution in [1.82, 2.24) is 0 Å². The van der Waals surface area contributed by atoms with Crippen molar-refractivity contribution in [3.63, 3.8) is 0 Å². The molecule has 0 fully saturated rings. The van der Waals surface area contributed by atoms with Gasteiger partial charge in [0.1, 0.15) is 0 Å². The molecule has 1 aliphatic carbocycles. The second-order valence-electron chi connectivity index (χ2n) is 2.96. The van der Waals surface area contributed by atoms with Crippen LogP contribution in [0.15, 0.2) is 10.8 Å². The first-order valence-corrected chi connectivity index (χ1v) is 8.81. The van der Waals surface area contributed by atoms with Crippen LogP contribution in [-0.2, 0) is 0 Å². The van der Waals surface area contributed by atoms with E-state index in [1.165, 1.54) is 18.4 Å².